The maximum absolute atomic E-state index is 11.6. The van der Waals surface area contributed by atoms with Crippen molar-refractivity contribution in [3.8, 4) is 0 Å². The Balaban J connectivity index is 2.49. The number of fused-ring (bicyclic) bond motifs is 1. The quantitative estimate of drug-likeness (QED) is 0.564. The molecule has 0 N–H and O–H groups in total. The van der Waals surface area contributed by atoms with Gasteiger partial charge in [0.2, 0.25) is 5.91 Å². The maximum atomic E-state index is 11.6. The van der Waals surface area contributed by atoms with Gasteiger partial charge < -0.3 is 4.90 Å². The molecule has 0 bridgehead atoms. The molecule has 0 aromatic heterocycles. The number of aryl methyl sites for hydroxylation is 1. The number of carbonyl (C=O) groups is 1. The first-order chi connectivity index (χ1) is 7.63. The first-order valence-corrected chi connectivity index (χ1v) is 5.21. The lowest BCUT2D eigenvalue weighted by atomic mass is 10.0. The van der Waals surface area contributed by atoms with Crippen molar-refractivity contribution in [2.24, 2.45) is 0 Å². The highest BCUT2D eigenvalue weighted by molar-refractivity contribution is 5.96. The van der Waals surface area contributed by atoms with Crippen LogP contribution in [0.3, 0.4) is 0 Å². The van der Waals surface area contributed by atoms with Gasteiger partial charge in [0.15, 0.2) is 0 Å². The number of amides is 1. The van der Waals surface area contributed by atoms with Crippen molar-refractivity contribution in [2.75, 3.05) is 11.4 Å². The van der Waals surface area contributed by atoms with Crippen LogP contribution in [0.25, 0.3) is 0 Å². The van der Waals surface area contributed by atoms with E-state index in [0.29, 0.717) is 25.1 Å². The molecule has 0 saturated carbocycles. The molecule has 2 rings (SSSR count). The second-order valence-electron chi connectivity index (χ2n) is 3.71. The van der Waals surface area contributed by atoms with Gasteiger partial charge in [0.05, 0.1) is 10.6 Å². The summed E-state index contributed by atoms with van der Waals surface area (Å²) in [6, 6.07) is 4.71. The number of hydrogen-bond acceptors (Lipinski definition) is 3. The summed E-state index contributed by atoms with van der Waals surface area (Å²) >= 11 is 0. The number of hydrogen-bond donors (Lipinski definition) is 0. The first kappa shape index (κ1) is 10.6. The van der Waals surface area contributed by atoms with Crippen LogP contribution in [-0.2, 0) is 11.2 Å². The van der Waals surface area contributed by atoms with Gasteiger partial charge in [0, 0.05) is 25.1 Å². The molecule has 0 fully saturated rings. The standard InChI is InChI=1S/C11H12N2O3/c1-2-12-10-7-9(13(15)16)5-3-8(10)4-6-11(12)14/h3,5,7H,2,4,6H2,1H3. The molecule has 0 unspecified atom stereocenters. The molecule has 1 aliphatic rings. The lowest BCUT2D eigenvalue weighted by Crippen LogP contribution is -2.34. The zero-order valence-electron chi connectivity index (χ0n) is 8.97. The number of anilines is 1. The lowest BCUT2D eigenvalue weighted by Gasteiger charge is -2.27. The van der Waals surface area contributed by atoms with Crippen molar-refractivity contribution in [3.05, 3.63) is 33.9 Å². The fourth-order valence-electron chi connectivity index (χ4n) is 1.99. The van der Waals surface area contributed by atoms with Crippen molar-refractivity contribution < 1.29 is 9.72 Å². The monoisotopic (exact) mass is 220 g/mol. The highest BCUT2D eigenvalue weighted by Crippen LogP contribution is 2.31. The lowest BCUT2D eigenvalue weighted by molar-refractivity contribution is -0.384. The molecule has 1 heterocycles. The minimum absolute atomic E-state index is 0.0342. The molecular formula is C11H12N2O3. The van der Waals surface area contributed by atoms with Crippen LogP contribution < -0.4 is 4.90 Å². The van der Waals surface area contributed by atoms with Gasteiger partial charge in [-0.3, -0.25) is 14.9 Å². The topological polar surface area (TPSA) is 63.5 Å². The Morgan fingerprint density at radius 2 is 2.19 bits per heavy atom. The summed E-state index contributed by atoms with van der Waals surface area (Å²) in [6.45, 7) is 2.42. The molecule has 0 radical (unpaired) electrons. The molecule has 16 heavy (non-hydrogen) atoms. The van der Waals surface area contributed by atoms with E-state index in [9.17, 15) is 14.9 Å². The number of carbonyl (C=O) groups excluding carboxylic acids is 1. The molecule has 1 amide bonds. The van der Waals surface area contributed by atoms with Crippen LogP contribution in [0.15, 0.2) is 18.2 Å². The van der Waals surface area contributed by atoms with Gasteiger partial charge in [-0.2, -0.15) is 0 Å². The second-order valence-corrected chi connectivity index (χ2v) is 3.71. The second kappa shape index (κ2) is 3.92. The Kier molecular flexibility index (Phi) is 2.60. The number of non-ortho nitro benzene ring substituents is 1. The van der Waals surface area contributed by atoms with E-state index in [-0.39, 0.29) is 11.6 Å². The van der Waals surface area contributed by atoms with Crippen LogP contribution in [-0.4, -0.2) is 17.4 Å². The number of nitro benzene ring substituents is 1. The summed E-state index contributed by atoms with van der Waals surface area (Å²) in [5.74, 6) is 0.0375. The molecule has 0 saturated heterocycles. The number of benzene rings is 1. The van der Waals surface area contributed by atoms with E-state index >= 15 is 0 Å². The van der Waals surface area contributed by atoms with E-state index in [0.717, 1.165) is 5.56 Å². The van der Waals surface area contributed by atoms with Crippen LogP contribution in [0.1, 0.15) is 18.9 Å². The van der Waals surface area contributed by atoms with Crippen molar-refractivity contribution >= 4 is 17.3 Å². The third kappa shape index (κ3) is 1.64. The van der Waals surface area contributed by atoms with E-state index in [4.69, 9.17) is 0 Å². The summed E-state index contributed by atoms with van der Waals surface area (Å²) in [7, 11) is 0. The molecule has 0 aliphatic carbocycles. The predicted molar refractivity (Wildman–Crippen MR) is 59.4 cm³/mol. The third-order valence-electron chi connectivity index (χ3n) is 2.80. The van der Waals surface area contributed by atoms with Gasteiger partial charge in [-0.05, 0) is 18.9 Å². The average Bonchev–Trinajstić information content (AvgIpc) is 2.28. The predicted octanol–water partition coefficient (Wildman–Crippen LogP) is 1.89. The van der Waals surface area contributed by atoms with E-state index < -0.39 is 4.92 Å². The largest absolute Gasteiger partial charge is 0.312 e. The Bertz CT molecular complexity index is 457. The SMILES string of the molecule is CCN1C(=O)CCc2ccc([N+](=O)[O-])cc21. The number of nitro groups is 1. The highest BCUT2D eigenvalue weighted by Gasteiger charge is 2.24. The molecule has 1 aromatic carbocycles. The fraction of sp³-hybridized carbons (Fsp3) is 0.364. The van der Waals surface area contributed by atoms with Gasteiger partial charge in [0.25, 0.3) is 5.69 Å². The molecule has 1 aromatic rings. The van der Waals surface area contributed by atoms with Gasteiger partial charge in [-0.25, -0.2) is 0 Å². The van der Waals surface area contributed by atoms with Crippen LogP contribution >= 0.6 is 0 Å². The summed E-state index contributed by atoms with van der Waals surface area (Å²) < 4.78 is 0. The van der Waals surface area contributed by atoms with Gasteiger partial charge in [-0.1, -0.05) is 6.07 Å². The smallest absolute Gasteiger partial charge is 0.271 e. The minimum atomic E-state index is -0.437. The van der Waals surface area contributed by atoms with Crippen molar-refractivity contribution in [2.45, 2.75) is 19.8 Å². The minimum Gasteiger partial charge on any atom is -0.312 e. The fourth-order valence-corrected chi connectivity index (χ4v) is 1.99. The maximum Gasteiger partial charge on any atom is 0.271 e. The Hall–Kier alpha value is -1.91. The Labute approximate surface area is 92.8 Å². The average molecular weight is 220 g/mol. The Morgan fingerprint density at radius 1 is 1.44 bits per heavy atom. The van der Waals surface area contributed by atoms with Crippen molar-refractivity contribution in [1.82, 2.24) is 0 Å². The van der Waals surface area contributed by atoms with Crippen molar-refractivity contribution in [3.63, 3.8) is 0 Å². The first-order valence-electron chi connectivity index (χ1n) is 5.21. The van der Waals surface area contributed by atoms with E-state index in [1.807, 2.05) is 6.92 Å². The number of nitrogens with zero attached hydrogens (tertiary/aromatic N) is 2. The van der Waals surface area contributed by atoms with Gasteiger partial charge in [0.1, 0.15) is 0 Å². The van der Waals surface area contributed by atoms with Gasteiger partial charge in [-0.15, -0.1) is 0 Å². The molecule has 1 aliphatic heterocycles. The van der Waals surface area contributed by atoms with Crippen LogP contribution in [0, 0.1) is 10.1 Å². The molecular weight excluding hydrogens is 208 g/mol. The highest BCUT2D eigenvalue weighted by atomic mass is 16.6. The Morgan fingerprint density at radius 3 is 2.81 bits per heavy atom. The summed E-state index contributed by atoms with van der Waals surface area (Å²) in [5.41, 5.74) is 1.73. The zero-order valence-corrected chi connectivity index (χ0v) is 8.97. The molecule has 0 atom stereocenters. The normalized spacial score (nSPS) is 14.8. The van der Waals surface area contributed by atoms with Crippen LogP contribution in [0.2, 0.25) is 0 Å². The van der Waals surface area contributed by atoms with E-state index in [1.165, 1.54) is 12.1 Å². The summed E-state index contributed by atoms with van der Waals surface area (Å²) in [5, 5.41) is 10.7. The zero-order chi connectivity index (χ0) is 11.7. The summed E-state index contributed by atoms with van der Waals surface area (Å²) in [4.78, 5) is 23.5. The molecule has 5 heteroatoms. The molecule has 5 nitrogen and oxygen atoms in total. The van der Waals surface area contributed by atoms with Crippen LogP contribution in [0.4, 0.5) is 11.4 Å². The van der Waals surface area contributed by atoms with E-state index in [2.05, 4.69) is 0 Å². The molecule has 84 valence electrons. The van der Waals surface area contributed by atoms with Gasteiger partial charge >= 0.3 is 0 Å². The van der Waals surface area contributed by atoms with Crippen molar-refractivity contribution in [1.29, 1.82) is 0 Å². The molecule has 0 spiro atoms. The van der Waals surface area contributed by atoms with Crippen LogP contribution in [0.5, 0.6) is 0 Å². The van der Waals surface area contributed by atoms with E-state index in [1.54, 1.807) is 11.0 Å². The summed E-state index contributed by atoms with van der Waals surface area (Å²) in [6.07, 6.45) is 1.15. The number of rotatable bonds is 2. The third-order valence-corrected chi connectivity index (χ3v) is 2.80.